The van der Waals surface area contributed by atoms with Crippen LogP contribution in [-0.4, -0.2) is 17.8 Å². The number of hydrazone groups is 1. The number of ether oxygens (including phenoxy) is 2. The van der Waals surface area contributed by atoms with E-state index < -0.39 is 0 Å². The van der Waals surface area contributed by atoms with E-state index in [1.54, 1.807) is 13.4 Å². The number of rotatable bonds is 3. The smallest absolute Gasteiger partial charge is 0.217 e. The Balaban J connectivity index is 1.64. The van der Waals surface area contributed by atoms with Gasteiger partial charge in [-0.25, -0.2) is 5.01 Å². The highest BCUT2D eigenvalue weighted by Gasteiger charge is 2.42. The van der Waals surface area contributed by atoms with Crippen LogP contribution in [0.1, 0.15) is 35.6 Å². The van der Waals surface area contributed by atoms with Crippen molar-refractivity contribution in [2.45, 2.75) is 18.7 Å². The van der Waals surface area contributed by atoms with Gasteiger partial charge >= 0.3 is 0 Å². The van der Waals surface area contributed by atoms with E-state index in [0.717, 1.165) is 45.0 Å². The Morgan fingerprint density at radius 3 is 2.81 bits per heavy atom. The highest BCUT2D eigenvalue weighted by Crippen LogP contribution is 2.49. The van der Waals surface area contributed by atoms with E-state index in [0.29, 0.717) is 0 Å². The SMILES string of the molecule is COc1ccccc1[C@@H]1Oc2ccc(Br)cc2[C@H]2CC(c3ccco3)=NN21. The molecule has 1 aromatic heterocycles. The van der Waals surface area contributed by atoms with E-state index in [9.17, 15) is 0 Å². The van der Waals surface area contributed by atoms with Crippen LogP contribution in [0.3, 0.4) is 0 Å². The summed E-state index contributed by atoms with van der Waals surface area (Å²) in [6.07, 6.45) is 2.06. The quantitative estimate of drug-likeness (QED) is 0.572. The maximum atomic E-state index is 6.38. The summed E-state index contributed by atoms with van der Waals surface area (Å²) in [6, 6.07) is 17.9. The lowest BCUT2D eigenvalue weighted by molar-refractivity contribution is -0.0203. The maximum absolute atomic E-state index is 6.38. The fourth-order valence-corrected chi connectivity index (χ4v) is 4.10. The van der Waals surface area contributed by atoms with Gasteiger partial charge in [0.1, 0.15) is 23.0 Å². The Labute approximate surface area is 165 Å². The minimum absolute atomic E-state index is 0.0706. The molecule has 0 saturated carbocycles. The van der Waals surface area contributed by atoms with Crippen LogP contribution in [0.4, 0.5) is 0 Å². The predicted molar refractivity (Wildman–Crippen MR) is 105 cm³/mol. The molecule has 0 amide bonds. The van der Waals surface area contributed by atoms with Gasteiger partial charge in [0.05, 0.1) is 25.0 Å². The summed E-state index contributed by atoms with van der Waals surface area (Å²) in [7, 11) is 1.67. The van der Waals surface area contributed by atoms with Gasteiger partial charge in [0, 0.05) is 16.5 Å². The minimum atomic E-state index is -0.368. The molecule has 2 aliphatic rings. The molecule has 3 heterocycles. The van der Waals surface area contributed by atoms with Crippen LogP contribution in [0.5, 0.6) is 11.5 Å². The molecule has 5 rings (SSSR count). The van der Waals surface area contributed by atoms with Crippen LogP contribution in [0, 0.1) is 0 Å². The second kappa shape index (κ2) is 6.46. The normalized spacial score (nSPS) is 20.5. The van der Waals surface area contributed by atoms with Gasteiger partial charge in [-0.15, -0.1) is 0 Å². The van der Waals surface area contributed by atoms with Gasteiger partial charge in [0.15, 0.2) is 0 Å². The molecule has 5 nitrogen and oxygen atoms in total. The summed E-state index contributed by atoms with van der Waals surface area (Å²) in [5, 5.41) is 6.89. The molecule has 0 bridgehead atoms. The van der Waals surface area contributed by atoms with Crippen molar-refractivity contribution in [2.24, 2.45) is 5.10 Å². The van der Waals surface area contributed by atoms with E-state index in [4.69, 9.17) is 19.0 Å². The summed E-state index contributed by atoms with van der Waals surface area (Å²) in [5.41, 5.74) is 2.98. The molecule has 27 heavy (non-hydrogen) atoms. The van der Waals surface area contributed by atoms with Crippen molar-refractivity contribution in [3.8, 4) is 11.5 Å². The zero-order valence-corrected chi connectivity index (χ0v) is 16.2. The zero-order valence-electron chi connectivity index (χ0n) is 14.6. The Kier molecular flexibility index (Phi) is 3.93. The first-order chi connectivity index (χ1) is 13.2. The molecule has 2 aliphatic heterocycles. The van der Waals surface area contributed by atoms with Gasteiger partial charge in [-0.1, -0.05) is 28.1 Å². The number of para-hydroxylation sites is 1. The monoisotopic (exact) mass is 424 g/mol. The number of halogens is 1. The van der Waals surface area contributed by atoms with E-state index in [2.05, 4.69) is 22.0 Å². The number of furan rings is 1. The number of fused-ring (bicyclic) bond motifs is 3. The predicted octanol–water partition coefficient (Wildman–Crippen LogP) is 5.29. The molecule has 0 N–H and O–H groups in total. The summed E-state index contributed by atoms with van der Waals surface area (Å²) in [4.78, 5) is 0. The Bertz CT molecular complexity index is 1020. The van der Waals surface area contributed by atoms with Crippen LogP contribution in [0.15, 0.2) is 74.9 Å². The largest absolute Gasteiger partial charge is 0.496 e. The third-order valence-electron chi connectivity index (χ3n) is 4.96. The van der Waals surface area contributed by atoms with Gasteiger partial charge in [0.2, 0.25) is 6.23 Å². The van der Waals surface area contributed by atoms with Gasteiger partial charge in [-0.05, 0) is 42.5 Å². The number of hydrogen-bond donors (Lipinski definition) is 0. The highest BCUT2D eigenvalue weighted by atomic mass is 79.9. The second-order valence-corrected chi connectivity index (χ2v) is 7.43. The van der Waals surface area contributed by atoms with Crippen LogP contribution in [-0.2, 0) is 0 Å². The lowest BCUT2D eigenvalue weighted by Gasteiger charge is -2.38. The highest BCUT2D eigenvalue weighted by molar-refractivity contribution is 9.10. The first kappa shape index (κ1) is 16.4. The minimum Gasteiger partial charge on any atom is -0.496 e. The Morgan fingerprint density at radius 2 is 2.00 bits per heavy atom. The van der Waals surface area contributed by atoms with E-state index in [1.165, 1.54) is 0 Å². The van der Waals surface area contributed by atoms with Crippen LogP contribution in [0.25, 0.3) is 0 Å². The average molecular weight is 425 g/mol. The van der Waals surface area contributed by atoms with Crippen LogP contribution < -0.4 is 9.47 Å². The average Bonchev–Trinajstić information content (AvgIpc) is 3.37. The zero-order chi connectivity index (χ0) is 18.4. The molecule has 0 radical (unpaired) electrons. The summed E-state index contributed by atoms with van der Waals surface area (Å²) in [5.74, 6) is 2.44. The van der Waals surface area contributed by atoms with Gasteiger partial charge in [-0.3, -0.25) is 0 Å². The van der Waals surface area contributed by atoms with Crippen molar-refractivity contribution in [1.29, 1.82) is 0 Å². The Morgan fingerprint density at radius 1 is 1.11 bits per heavy atom. The van der Waals surface area contributed by atoms with Crippen molar-refractivity contribution in [3.05, 3.63) is 82.2 Å². The van der Waals surface area contributed by atoms with Crippen molar-refractivity contribution < 1.29 is 13.9 Å². The lowest BCUT2D eigenvalue weighted by atomic mass is 9.97. The molecule has 0 aliphatic carbocycles. The topological polar surface area (TPSA) is 47.2 Å². The fraction of sp³-hybridized carbons (Fsp3) is 0.190. The first-order valence-electron chi connectivity index (χ1n) is 8.73. The van der Waals surface area contributed by atoms with E-state index in [-0.39, 0.29) is 12.3 Å². The molecular formula is C21H17BrN2O3. The molecule has 6 heteroatoms. The summed E-state index contributed by atoms with van der Waals surface area (Å²) < 4.78 is 18.6. The Hall–Kier alpha value is -2.73. The van der Waals surface area contributed by atoms with Crippen LogP contribution >= 0.6 is 15.9 Å². The van der Waals surface area contributed by atoms with Gasteiger partial charge < -0.3 is 13.9 Å². The molecule has 2 atom stereocenters. The lowest BCUT2D eigenvalue weighted by Crippen LogP contribution is -2.34. The third-order valence-corrected chi connectivity index (χ3v) is 5.46. The molecule has 0 saturated heterocycles. The maximum Gasteiger partial charge on any atom is 0.217 e. The van der Waals surface area contributed by atoms with Gasteiger partial charge in [-0.2, -0.15) is 5.10 Å². The van der Waals surface area contributed by atoms with E-state index >= 15 is 0 Å². The fourth-order valence-electron chi connectivity index (χ4n) is 3.73. The second-order valence-electron chi connectivity index (χ2n) is 6.52. The molecule has 0 unspecified atom stereocenters. The number of methoxy groups -OCH3 is 1. The van der Waals surface area contributed by atoms with Crippen molar-refractivity contribution in [2.75, 3.05) is 7.11 Å². The molecule has 0 fully saturated rings. The summed E-state index contributed by atoms with van der Waals surface area (Å²) in [6.45, 7) is 0. The van der Waals surface area contributed by atoms with Crippen LogP contribution in [0.2, 0.25) is 0 Å². The number of hydrogen-bond acceptors (Lipinski definition) is 5. The van der Waals surface area contributed by atoms with Crippen molar-refractivity contribution in [3.63, 3.8) is 0 Å². The third kappa shape index (κ3) is 2.72. The van der Waals surface area contributed by atoms with E-state index in [1.807, 2.05) is 53.5 Å². The molecular weight excluding hydrogens is 408 g/mol. The number of nitrogens with zero attached hydrogens (tertiary/aromatic N) is 2. The molecule has 0 spiro atoms. The standard InChI is InChI=1S/C21H17BrN2O3/c1-25-18-6-3-2-5-14(18)21-24-17(12-16(23-24)20-7-4-10-26-20)15-11-13(22)8-9-19(15)27-21/h2-11,17,21H,12H2,1H3/t17-,21+/m1/s1. The summed E-state index contributed by atoms with van der Waals surface area (Å²) >= 11 is 3.57. The molecule has 3 aromatic rings. The first-order valence-corrected chi connectivity index (χ1v) is 9.52. The van der Waals surface area contributed by atoms with Crippen molar-refractivity contribution in [1.82, 2.24) is 5.01 Å². The van der Waals surface area contributed by atoms with Crippen molar-refractivity contribution >= 4 is 21.6 Å². The van der Waals surface area contributed by atoms with Gasteiger partial charge in [0.25, 0.3) is 0 Å². The molecule has 136 valence electrons. The number of benzene rings is 2. The molecule has 2 aromatic carbocycles.